The smallest absolute Gasteiger partial charge is 0.294 e. The van der Waals surface area contributed by atoms with Crippen LogP contribution in [0.25, 0.3) is 0 Å². The third-order valence-electron chi connectivity index (χ3n) is 5.86. The summed E-state index contributed by atoms with van der Waals surface area (Å²) in [4.78, 5) is 27.8. The van der Waals surface area contributed by atoms with Crippen LogP contribution in [0.2, 0.25) is 10.0 Å². The fourth-order valence-corrected chi connectivity index (χ4v) is 4.69. The topological polar surface area (TPSA) is 74.9 Å². The molecule has 0 fully saturated rings. The van der Waals surface area contributed by atoms with Crippen molar-refractivity contribution in [3.05, 3.63) is 86.3 Å². The second-order valence-electron chi connectivity index (χ2n) is 8.22. The van der Waals surface area contributed by atoms with Gasteiger partial charge in [0.05, 0.1) is 16.3 Å². The molecule has 8 heteroatoms. The highest BCUT2D eigenvalue weighted by molar-refractivity contribution is 6.36. The van der Waals surface area contributed by atoms with Crippen molar-refractivity contribution in [1.29, 1.82) is 0 Å². The lowest BCUT2D eigenvalue weighted by atomic mass is 9.93. The molecule has 34 heavy (non-hydrogen) atoms. The molecular weight excluding hydrogens is 473 g/mol. The highest BCUT2D eigenvalue weighted by Gasteiger charge is 2.30. The number of carbonyl (C=O) groups excluding carboxylic acids is 2. The zero-order chi connectivity index (χ0) is 24.4. The van der Waals surface area contributed by atoms with Crippen LogP contribution in [0.15, 0.2) is 52.0 Å². The molecule has 2 aromatic carbocycles. The number of amides is 2. The predicted molar refractivity (Wildman–Crippen MR) is 135 cm³/mol. The van der Waals surface area contributed by atoms with Gasteiger partial charge in [-0.2, -0.15) is 5.10 Å². The Balaban J connectivity index is 1.63. The van der Waals surface area contributed by atoms with Crippen molar-refractivity contribution in [3.8, 4) is 0 Å². The maximum Gasteiger partial charge on any atom is 0.294 e. The molecule has 1 N–H and O–H groups in total. The lowest BCUT2D eigenvalue weighted by Crippen LogP contribution is -2.31. The summed E-state index contributed by atoms with van der Waals surface area (Å²) in [5.74, 6) is 0.381. The summed E-state index contributed by atoms with van der Waals surface area (Å²) in [7, 11) is 0. The second kappa shape index (κ2) is 10.0. The van der Waals surface area contributed by atoms with Gasteiger partial charge >= 0.3 is 0 Å². The first-order valence-electron chi connectivity index (χ1n) is 11.1. The van der Waals surface area contributed by atoms with Gasteiger partial charge in [-0.1, -0.05) is 35.3 Å². The number of carbonyl (C=O) groups is 2. The molecular formula is C26H25Cl2N3O3. The van der Waals surface area contributed by atoms with Crippen LogP contribution in [0, 0.1) is 13.8 Å². The van der Waals surface area contributed by atoms with E-state index in [9.17, 15) is 9.59 Å². The van der Waals surface area contributed by atoms with Gasteiger partial charge in [0.2, 0.25) is 0 Å². The maximum atomic E-state index is 13.4. The minimum Gasteiger partial charge on any atom is -0.455 e. The first kappa shape index (κ1) is 24.0. The van der Waals surface area contributed by atoms with Crippen LogP contribution in [0.3, 0.4) is 0 Å². The van der Waals surface area contributed by atoms with Gasteiger partial charge in [0.1, 0.15) is 5.76 Å². The Hall–Kier alpha value is -3.09. The van der Waals surface area contributed by atoms with E-state index in [-0.39, 0.29) is 16.5 Å². The summed E-state index contributed by atoms with van der Waals surface area (Å²) in [6.07, 6.45) is 2.17. The summed E-state index contributed by atoms with van der Waals surface area (Å²) in [6, 6.07) is 12.5. The van der Waals surface area contributed by atoms with Gasteiger partial charge in [0, 0.05) is 34.8 Å². The number of fused-ring (bicyclic) bond motifs is 1. The van der Waals surface area contributed by atoms with Gasteiger partial charge in [0.15, 0.2) is 5.76 Å². The molecule has 0 spiro atoms. The molecule has 0 saturated carbocycles. The number of nitrogens with one attached hydrogen (secondary N) is 1. The largest absolute Gasteiger partial charge is 0.455 e. The molecule has 0 radical (unpaired) electrons. The summed E-state index contributed by atoms with van der Waals surface area (Å²) in [5.41, 5.74) is 6.96. The number of benzene rings is 2. The molecule has 0 unspecified atom stereocenters. The first-order valence-corrected chi connectivity index (χ1v) is 11.9. The molecule has 1 aliphatic rings. The minimum absolute atomic E-state index is 0.198. The first-order chi connectivity index (χ1) is 16.3. The van der Waals surface area contributed by atoms with Crippen molar-refractivity contribution in [3.63, 3.8) is 0 Å². The lowest BCUT2D eigenvalue weighted by Gasteiger charge is -2.20. The molecule has 4 rings (SSSR count). The van der Waals surface area contributed by atoms with Gasteiger partial charge in [-0.25, -0.2) is 5.43 Å². The van der Waals surface area contributed by atoms with Gasteiger partial charge in [-0.05, 0) is 69.5 Å². The Bertz CT molecular complexity index is 1300. The molecule has 6 nitrogen and oxygen atoms in total. The molecule has 176 valence electrons. The Labute approximate surface area is 208 Å². The monoisotopic (exact) mass is 497 g/mol. The van der Waals surface area contributed by atoms with Crippen molar-refractivity contribution in [2.24, 2.45) is 5.10 Å². The fraction of sp³-hybridized carbons (Fsp3) is 0.269. The number of hydrazone groups is 1. The third-order valence-corrected chi connectivity index (χ3v) is 6.41. The number of rotatable bonds is 5. The van der Waals surface area contributed by atoms with E-state index in [1.54, 1.807) is 17.0 Å². The van der Waals surface area contributed by atoms with Gasteiger partial charge in [-0.15, -0.1) is 0 Å². The van der Waals surface area contributed by atoms with Gasteiger partial charge < -0.3 is 9.32 Å². The minimum atomic E-state index is -0.435. The number of anilines is 1. The van der Waals surface area contributed by atoms with Crippen molar-refractivity contribution in [2.75, 3.05) is 11.4 Å². The zero-order valence-corrected chi connectivity index (χ0v) is 20.8. The molecule has 1 aromatic heterocycles. The Morgan fingerprint density at radius 1 is 1.12 bits per heavy atom. The highest BCUT2D eigenvalue weighted by Crippen LogP contribution is 2.31. The quantitative estimate of drug-likeness (QED) is 0.417. The van der Waals surface area contributed by atoms with Crippen molar-refractivity contribution >= 4 is 46.4 Å². The molecule has 0 bridgehead atoms. The average molecular weight is 498 g/mol. The van der Waals surface area contributed by atoms with Crippen molar-refractivity contribution < 1.29 is 14.0 Å². The van der Waals surface area contributed by atoms with E-state index >= 15 is 0 Å². The predicted octanol–water partition coefficient (Wildman–Crippen LogP) is 6.34. The number of nitrogens with zero attached hydrogens (tertiary/aromatic N) is 2. The van der Waals surface area contributed by atoms with E-state index in [0.717, 1.165) is 28.8 Å². The number of hydrogen-bond acceptors (Lipinski definition) is 4. The maximum absolute atomic E-state index is 13.4. The summed E-state index contributed by atoms with van der Waals surface area (Å²) >= 11 is 12.1. The standard InChI is InChI=1S/C26H25Cl2N3O3/c1-4-31(18-8-5-7-15(2)13-18)26(33)24-16(3)23-21(9-6-10-22(23)34-24)29-30-25(32)19-12-11-17(27)14-20(19)28/h5,7-8,11-14H,4,6,9-10H2,1-3H3,(H,30,32)/b29-21+. The second-order valence-corrected chi connectivity index (χ2v) is 9.06. The van der Waals surface area contributed by atoms with E-state index in [1.807, 2.05) is 45.0 Å². The van der Waals surface area contributed by atoms with E-state index in [4.69, 9.17) is 27.6 Å². The molecule has 0 atom stereocenters. The SMILES string of the molecule is CCN(C(=O)c1oc2c(c1C)/C(=N/NC(=O)c1ccc(Cl)cc1Cl)CCC2)c1cccc(C)c1. The number of furan rings is 1. The van der Waals surface area contributed by atoms with Crippen LogP contribution in [0.1, 0.15) is 63.1 Å². The van der Waals surface area contributed by atoms with Crippen LogP contribution in [-0.4, -0.2) is 24.1 Å². The Morgan fingerprint density at radius 3 is 2.62 bits per heavy atom. The van der Waals surface area contributed by atoms with E-state index in [2.05, 4.69) is 10.5 Å². The molecule has 1 aliphatic carbocycles. The van der Waals surface area contributed by atoms with Crippen LogP contribution in [-0.2, 0) is 6.42 Å². The number of halogens is 2. The number of aryl methyl sites for hydroxylation is 2. The van der Waals surface area contributed by atoms with Gasteiger partial charge in [0.25, 0.3) is 11.8 Å². The summed E-state index contributed by atoms with van der Waals surface area (Å²) in [6.45, 7) is 6.29. The molecule has 0 aliphatic heterocycles. The van der Waals surface area contributed by atoms with E-state index in [0.29, 0.717) is 41.6 Å². The van der Waals surface area contributed by atoms with Crippen LogP contribution in [0.5, 0.6) is 0 Å². The number of hydrogen-bond donors (Lipinski definition) is 1. The molecule has 3 aromatic rings. The zero-order valence-electron chi connectivity index (χ0n) is 19.2. The van der Waals surface area contributed by atoms with Crippen LogP contribution < -0.4 is 10.3 Å². The third kappa shape index (κ3) is 4.74. The lowest BCUT2D eigenvalue weighted by molar-refractivity contribution is 0.0949. The van der Waals surface area contributed by atoms with Gasteiger partial charge in [-0.3, -0.25) is 9.59 Å². The highest BCUT2D eigenvalue weighted by atomic mass is 35.5. The van der Waals surface area contributed by atoms with E-state index < -0.39 is 5.91 Å². The summed E-state index contributed by atoms with van der Waals surface area (Å²) < 4.78 is 6.07. The average Bonchev–Trinajstić information content (AvgIpc) is 3.15. The Morgan fingerprint density at radius 2 is 1.91 bits per heavy atom. The van der Waals surface area contributed by atoms with Crippen molar-refractivity contribution in [2.45, 2.75) is 40.0 Å². The Kier molecular flexibility index (Phi) is 7.10. The normalized spacial score (nSPS) is 14.1. The van der Waals surface area contributed by atoms with Crippen molar-refractivity contribution in [1.82, 2.24) is 5.43 Å². The van der Waals surface area contributed by atoms with Crippen LogP contribution >= 0.6 is 23.2 Å². The van der Waals surface area contributed by atoms with Crippen LogP contribution in [0.4, 0.5) is 5.69 Å². The molecule has 2 amide bonds. The fourth-order valence-electron chi connectivity index (χ4n) is 4.20. The summed E-state index contributed by atoms with van der Waals surface area (Å²) in [5, 5.41) is 5.07. The molecule has 1 heterocycles. The molecule has 0 saturated heterocycles. The van der Waals surface area contributed by atoms with E-state index in [1.165, 1.54) is 6.07 Å².